The maximum Gasteiger partial charge on any atom is 0.262 e. The number of para-hydroxylation sites is 1. The fourth-order valence-electron chi connectivity index (χ4n) is 2.75. The minimum Gasteiger partial charge on any atom is -0.484 e. The lowest BCUT2D eigenvalue weighted by atomic mass is 10.1. The number of carbonyl (C=O) groups is 1. The van der Waals surface area contributed by atoms with Gasteiger partial charge in [0.1, 0.15) is 5.75 Å². The summed E-state index contributed by atoms with van der Waals surface area (Å²) >= 11 is 0. The van der Waals surface area contributed by atoms with Crippen molar-refractivity contribution in [2.75, 3.05) is 16.6 Å². The average Bonchev–Trinajstić information content (AvgIpc) is 2.76. The minimum atomic E-state index is -3.74. The van der Waals surface area contributed by atoms with Crippen molar-refractivity contribution in [2.24, 2.45) is 0 Å². The molecule has 0 heterocycles. The van der Waals surface area contributed by atoms with Crippen LogP contribution in [0.2, 0.25) is 0 Å². The van der Waals surface area contributed by atoms with Crippen LogP contribution in [-0.4, -0.2) is 20.9 Å². The number of ether oxygens (including phenoxy) is 1. The highest BCUT2D eigenvalue weighted by Gasteiger charge is 2.15. The fourth-order valence-corrected chi connectivity index (χ4v) is 3.88. The van der Waals surface area contributed by atoms with Crippen LogP contribution >= 0.6 is 0 Å². The largest absolute Gasteiger partial charge is 0.484 e. The van der Waals surface area contributed by atoms with E-state index >= 15 is 0 Å². The van der Waals surface area contributed by atoms with Gasteiger partial charge in [-0.3, -0.25) is 9.52 Å². The number of nitrogens with one attached hydrogen (secondary N) is 2. The molecule has 2 N–H and O–H groups in total. The number of benzene rings is 3. The first-order valence-electron chi connectivity index (χ1n) is 9.44. The van der Waals surface area contributed by atoms with Crippen LogP contribution in [0, 0.1) is 18.3 Å². The number of hydrogen-bond donors (Lipinski definition) is 2. The Bertz CT molecular complexity index is 1200. The third kappa shape index (κ3) is 6.07. The summed E-state index contributed by atoms with van der Waals surface area (Å²) in [5.41, 5.74) is 2.79. The number of aryl methyl sites for hydroxylation is 1. The van der Waals surface area contributed by atoms with E-state index in [1.807, 2.05) is 19.1 Å². The highest BCUT2D eigenvalue weighted by molar-refractivity contribution is 7.92. The lowest BCUT2D eigenvalue weighted by Gasteiger charge is -2.11. The van der Waals surface area contributed by atoms with E-state index in [9.17, 15) is 13.2 Å². The molecule has 0 spiro atoms. The SMILES string of the molecule is Cc1ccccc1NS(=O)(=O)c1ccc(OCC(=O)Nc2ccc(CC#N)cc2)cc1. The lowest BCUT2D eigenvalue weighted by Crippen LogP contribution is -2.20. The Morgan fingerprint density at radius 1 is 1.00 bits per heavy atom. The van der Waals surface area contributed by atoms with Gasteiger partial charge in [0.25, 0.3) is 15.9 Å². The van der Waals surface area contributed by atoms with Gasteiger partial charge in [0.15, 0.2) is 6.61 Å². The van der Waals surface area contributed by atoms with Gasteiger partial charge in [0.05, 0.1) is 23.1 Å². The standard InChI is InChI=1S/C23H21N3O4S/c1-17-4-2-3-5-22(17)26-31(28,29)21-12-10-20(11-13-21)30-16-23(27)25-19-8-6-18(7-9-19)14-15-24/h2-13,26H,14,16H2,1H3,(H,25,27). The van der Waals surface area contributed by atoms with E-state index in [2.05, 4.69) is 16.1 Å². The number of carbonyl (C=O) groups excluding carboxylic acids is 1. The molecule has 1 amide bonds. The normalized spacial score (nSPS) is 10.7. The molecule has 3 aromatic rings. The van der Waals surface area contributed by atoms with Crippen molar-refractivity contribution in [1.82, 2.24) is 0 Å². The Balaban J connectivity index is 1.56. The van der Waals surface area contributed by atoms with Crippen LogP contribution in [0.5, 0.6) is 5.75 Å². The van der Waals surface area contributed by atoms with Gasteiger partial charge in [0.2, 0.25) is 0 Å². The predicted molar refractivity (Wildman–Crippen MR) is 118 cm³/mol. The number of hydrogen-bond acceptors (Lipinski definition) is 5. The van der Waals surface area contributed by atoms with Gasteiger partial charge >= 0.3 is 0 Å². The number of amides is 1. The Hall–Kier alpha value is -3.83. The van der Waals surface area contributed by atoms with Crippen molar-refractivity contribution >= 4 is 27.3 Å². The Morgan fingerprint density at radius 2 is 1.68 bits per heavy atom. The van der Waals surface area contributed by atoms with Crippen molar-refractivity contribution in [3.8, 4) is 11.8 Å². The topological polar surface area (TPSA) is 108 Å². The third-order valence-electron chi connectivity index (χ3n) is 4.41. The van der Waals surface area contributed by atoms with Crippen molar-refractivity contribution in [1.29, 1.82) is 5.26 Å². The highest BCUT2D eigenvalue weighted by atomic mass is 32.2. The fraction of sp³-hybridized carbons (Fsp3) is 0.130. The van der Waals surface area contributed by atoms with Gasteiger partial charge in [-0.05, 0) is 60.5 Å². The Morgan fingerprint density at radius 3 is 2.32 bits per heavy atom. The summed E-state index contributed by atoms with van der Waals surface area (Å²) in [5, 5.41) is 11.4. The van der Waals surface area contributed by atoms with Crippen LogP contribution in [0.4, 0.5) is 11.4 Å². The molecule has 3 rings (SSSR count). The molecule has 0 saturated carbocycles. The summed E-state index contributed by atoms with van der Waals surface area (Å²) in [5.74, 6) is 0.0142. The predicted octanol–water partition coefficient (Wildman–Crippen LogP) is 3.88. The lowest BCUT2D eigenvalue weighted by molar-refractivity contribution is -0.118. The summed E-state index contributed by atoms with van der Waals surface area (Å²) in [6.07, 6.45) is 0.309. The Kier molecular flexibility index (Phi) is 6.90. The summed E-state index contributed by atoms with van der Waals surface area (Å²) < 4.78 is 33.1. The summed E-state index contributed by atoms with van der Waals surface area (Å²) in [4.78, 5) is 12.2. The van der Waals surface area contributed by atoms with Crippen molar-refractivity contribution in [3.05, 3.63) is 83.9 Å². The van der Waals surface area contributed by atoms with Crippen molar-refractivity contribution in [2.45, 2.75) is 18.2 Å². The van der Waals surface area contributed by atoms with Gasteiger partial charge in [0, 0.05) is 5.69 Å². The van der Waals surface area contributed by atoms with Gasteiger partial charge in [-0.2, -0.15) is 5.26 Å². The molecule has 0 radical (unpaired) electrons. The zero-order valence-corrected chi connectivity index (χ0v) is 17.6. The zero-order chi connectivity index (χ0) is 22.3. The first-order chi connectivity index (χ1) is 14.9. The maximum absolute atomic E-state index is 12.6. The highest BCUT2D eigenvalue weighted by Crippen LogP contribution is 2.21. The molecule has 31 heavy (non-hydrogen) atoms. The van der Waals surface area contributed by atoms with Crippen molar-refractivity contribution in [3.63, 3.8) is 0 Å². The van der Waals surface area contributed by atoms with E-state index in [4.69, 9.17) is 10.00 Å². The molecule has 8 heteroatoms. The van der Waals surface area contributed by atoms with Gasteiger partial charge in [-0.25, -0.2) is 8.42 Å². The third-order valence-corrected chi connectivity index (χ3v) is 5.80. The van der Waals surface area contributed by atoms with Crippen LogP contribution < -0.4 is 14.8 Å². The second kappa shape index (κ2) is 9.78. The molecule has 0 atom stereocenters. The van der Waals surface area contributed by atoms with Crippen LogP contribution in [0.15, 0.2) is 77.7 Å². The maximum atomic E-state index is 12.6. The van der Waals surface area contributed by atoms with E-state index in [1.165, 1.54) is 24.3 Å². The molecule has 0 aliphatic heterocycles. The molecule has 0 bridgehead atoms. The van der Waals surface area contributed by atoms with Crippen LogP contribution in [0.25, 0.3) is 0 Å². The quantitative estimate of drug-likeness (QED) is 0.558. The molecule has 0 saturated heterocycles. The first kappa shape index (κ1) is 21.9. The second-order valence-corrected chi connectivity index (χ2v) is 8.44. The number of anilines is 2. The van der Waals surface area contributed by atoms with Gasteiger partial charge < -0.3 is 10.1 Å². The van der Waals surface area contributed by atoms with Gasteiger partial charge in [-0.1, -0.05) is 30.3 Å². The molecular weight excluding hydrogens is 414 g/mol. The molecule has 0 aromatic heterocycles. The molecule has 0 aliphatic rings. The number of nitriles is 1. The van der Waals surface area contributed by atoms with E-state index in [0.717, 1.165) is 11.1 Å². The molecule has 0 aliphatic carbocycles. The molecular formula is C23H21N3O4S. The summed E-state index contributed by atoms with van der Waals surface area (Å²) in [6, 6.07) is 22.0. The first-order valence-corrected chi connectivity index (χ1v) is 10.9. The average molecular weight is 436 g/mol. The van der Waals surface area contributed by atoms with E-state index in [0.29, 0.717) is 23.5 Å². The van der Waals surface area contributed by atoms with E-state index in [1.54, 1.807) is 36.4 Å². The molecule has 158 valence electrons. The number of sulfonamides is 1. The van der Waals surface area contributed by atoms with E-state index < -0.39 is 10.0 Å². The minimum absolute atomic E-state index is 0.0880. The smallest absolute Gasteiger partial charge is 0.262 e. The molecule has 0 fully saturated rings. The van der Waals surface area contributed by atoms with Crippen LogP contribution in [-0.2, 0) is 21.2 Å². The zero-order valence-electron chi connectivity index (χ0n) is 16.8. The van der Waals surface area contributed by atoms with E-state index in [-0.39, 0.29) is 17.4 Å². The van der Waals surface area contributed by atoms with Crippen LogP contribution in [0.3, 0.4) is 0 Å². The summed E-state index contributed by atoms with van der Waals surface area (Å²) in [7, 11) is -3.74. The van der Waals surface area contributed by atoms with Crippen molar-refractivity contribution < 1.29 is 17.9 Å². The molecule has 0 unspecified atom stereocenters. The monoisotopic (exact) mass is 435 g/mol. The second-order valence-electron chi connectivity index (χ2n) is 6.76. The molecule has 7 nitrogen and oxygen atoms in total. The van der Waals surface area contributed by atoms with Crippen LogP contribution in [0.1, 0.15) is 11.1 Å². The van der Waals surface area contributed by atoms with Gasteiger partial charge in [-0.15, -0.1) is 0 Å². The molecule has 3 aromatic carbocycles. The number of nitrogens with zero attached hydrogens (tertiary/aromatic N) is 1. The summed E-state index contributed by atoms with van der Waals surface area (Å²) in [6.45, 7) is 1.59. The number of rotatable bonds is 8. The Labute approximate surface area is 181 Å².